The largest absolute Gasteiger partial charge is 0.419 e. The van der Waals surface area contributed by atoms with Crippen molar-refractivity contribution in [2.24, 2.45) is 5.11 Å². The Labute approximate surface area is 90.8 Å². The van der Waals surface area contributed by atoms with E-state index < -0.39 is 11.8 Å². The minimum Gasteiger partial charge on any atom is -0.363 e. The van der Waals surface area contributed by atoms with Gasteiger partial charge in [-0.1, -0.05) is 5.11 Å². The summed E-state index contributed by atoms with van der Waals surface area (Å²) < 4.78 is 42.8. The molecule has 0 radical (unpaired) electrons. The van der Waals surface area contributed by atoms with Gasteiger partial charge in [-0.15, -0.1) is 0 Å². The molecule has 0 aromatic carbocycles. The molecule has 0 unspecified atom stereocenters. The maximum atomic E-state index is 12.7. The molecule has 1 rings (SSSR count). The number of halogens is 3. The molecule has 92 valence electrons. The first kappa shape index (κ1) is 13.1. The fraction of sp³-hybridized carbons (Fsp3) is 1.00. The highest BCUT2D eigenvalue weighted by atomic mass is 19.4. The SMILES string of the molecule is CCOC1(C(F)(F)F)CN(CCN=[N+]=[N-])C1. The Hall–Kier alpha value is -0.980. The Morgan fingerprint density at radius 3 is 2.56 bits per heavy atom. The van der Waals surface area contributed by atoms with Gasteiger partial charge in [-0.2, -0.15) is 13.2 Å². The summed E-state index contributed by atoms with van der Waals surface area (Å²) in [5.41, 5.74) is 5.99. The van der Waals surface area contributed by atoms with E-state index in [9.17, 15) is 13.2 Å². The van der Waals surface area contributed by atoms with Crippen LogP contribution >= 0.6 is 0 Å². The zero-order chi connectivity index (χ0) is 12.2. The maximum Gasteiger partial charge on any atom is 0.419 e. The molecule has 1 saturated heterocycles. The molecule has 0 atom stereocenters. The van der Waals surface area contributed by atoms with Crippen molar-refractivity contribution in [3.8, 4) is 0 Å². The molecule has 0 aromatic heterocycles. The molecule has 1 heterocycles. The van der Waals surface area contributed by atoms with Crippen LogP contribution in [0.3, 0.4) is 0 Å². The Kier molecular flexibility index (Phi) is 4.01. The summed E-state index contributed by atoms with van der Waals surface area (Å²) in [6, 6.07) is 0. The lowest BCUT2D eigenvalue weighted by atomic mass is 9.93. The minimum absolute atomic E-state index is 0.0314. The van der Waals surface area contributed by atoms with E-state index in [1.54, 1.807) is 4.90 Å². The number of nitrogens with zero attached hydrogens (tertiary/aromatic N) is 4. The molecule has 1 aliphatic rings. The van der Waals surface area contributed by atoms with E-state index in [4.69, 9.17) is 10.3 Å². The van der Waals surface area contributed by atoms with Crippen LogP contribution in [0.4, 0.5) is 13.2 Å². The Morgan fingerprint density at radius 1 is 1.50 bits per heavy atom. The molecule has 0 amide bonds. The molecule has 16 heavy (non-hydrogen) atoms. The van der Waals surface area contributed by atoms with Crippen molar-refractivity contribution in [2.45, 2.75) is 18.7 Å². The zero-order valence-electron chi connectivity index (χ0n) is 8.87. The van der Waals surface area contributed by atoms with Crippen LogP contribution in [0.5, 0.6) is 0 Å². The van der Waals surface area contributed by atoms with E-state index in [0.29, 0.717) is 6.54 Å². The zero-order valence-corrected chi connectivity index (χ0v) is 8.87. The van der Waals surface area contributed by atoms with Gasteiger partial charge < -0.3 is 4.74 Å². The molecule has 1 fully saturated rings. The first-order valence-corrected chi connectivity index (χ1v) is 4.89. The number of alkyl halides is 3. The second-order valence-electron chi connectivity index (χ2n) is 3.59. The van der Waals surface area contributed by atoms with Crippen molar-refractivity contribution in [1.29, 1.82) is 0 Å². The number of ether oxygens (including phenoxy) is 1. The fourth-order valence-electron chi connectivity index (χ4n) is 1.69. The van der Waals surface area contributed by atoms with Crippen LogP contribution in [0, 0.1) is 0 Å². The van der Waals surface area contributed by atoms with Crippen LogP contribution in [-0.2, 0) is 4.74 Å². The number of hydrogen-bond donors (Lipinski definition) is 0. The molecule has 8 heteroatoms. The van der Waals surface area contributed by atoms with Gasteiger partial charge in [0.1, 0.15) is 0 Å². The van der Waals surface area contributed by atoms with Gasteiger partial charge in [0.25, 0.3) is 0 Å². The number of hydrogen-bond acceptors (Lipinski definition) is 3. The molecule has 0 bridgehead atoms. The highest BCUT2D eigenvalue weighted by Crippen LogP contribution is 2.40. The van der Waals surface area contributed by atoms with Crippen LogP contribution in [-0.4, -0.2) is 49.5 Å². The second-order valence-corrected chi connectivity index (χ2v) is 3.59. The van der Waals surface area contributed by atoms with Crippen LogP contribution < -0.4 is 0 Å². The molecule has 1 aliphatic heterocycles. The van der Waals surface area contributed by atoms with Gasteiger partial charge in [-0.05, 0) is 12.5 Å². The van der Waals surface area contributed by atoms with E-state index in [1.165, 1.54) is 6.92 Å². The lowest BCUT2D eigenvalue weighted by molar-refractivity contribution is -0.317. The molecular weight excluding hydrogens is 225 g/mol. The maximum absolute atomic E-state index is 12.7. The van der Waals surface area contributed by atoms with Gasteiger partial charge in [-0.3, -0.25) is 4.90 Å². The van der Waals surface area contributed by atoms with Crippen molar-refractivity contribution >= 4 is 0 Å². The van der Waals surface area contributed by atoms with E-state index in [2.05, 4.69) is 10.0 Å². The standard InChI is InChI=1S/C8H13F3N4O/c1-2-16-7(8(9,10)11)5-15(6-7)4-3-13-14-12/h2-6H2,1H3. The van der Waals surface area contributed by atoms with Gasteiger partial charge >= 0.3 is 6.18 Å². The van der Waals surface area contributed by atoms with Crippen LogP contribution in [0.15, 0.2) is 5.11 Å². The van der Waals surface area contributed by atoms with Gasteiger partial charge in [0.05, 0.1) is 0 Å². The molecule has 0 spiro atoms. The monoisotopic (exact) mass is 238 g/mol. The number of likely N-dealkylation sites (tertiary alicyclic amines) is 1. The Morgan fingerprint density at radius 2 is 2.12 bits per heavy atom. The predicted octanol–water partition coefficient (Wildman–Crippen LogP) is 1.95. The summed E-state index contributed by atoms with van der Waals surface area (Å²) in [5, 5.41) is 3.27. The molecule has 0 aliphatic carbocycles. The van der Waals surface area contributed by atoms with Crippen molar-refractivity contribution < 1.29 is 17.9 Å². The van der Waals surface area contributed by atoms with Crippen molar-refractivity contribution in [3.63, 3.8) is 0 Å². The lowest BCUT2D eigenvalue weighted by Crippen LogP contribution is -2.70. The average Bonchev–Trinajstić information content (AvgIpc) is 2.11. The topological polar surface area (TPSA) is 61.2 Å². The summed E-state index contributed by atoms with van der Waals surface area (Å²) in [7, 11) is 0. The summed E-state index contributed by atoms with van der Waals surface area (Å²) in [4.78, 5) is 4.09. The minimum atomic E-state index is -4.35. The van der Waals surface area contributed by atoms with Crippen LogP contribution in [0.2, 0.25) is 0 Å². The molecular formula is C8H13F3N4O. The third-order valence-electron chi connectivity index (χ3n) is 2.47. The molecule has 0 N–H and O–H groups in total. The first-order chi connectivity index (χ1) is 7.45. The Bertz CT molecular complexity index is 281. The highest BCUT2D eigenvalue weighted by molar-refractivity contribution is 5.02. The van der Waals surface area contributed by atoms with Gasteiger partial charge in [-0.25, -0.2) is 0 Å². The lowest BCUT2D eigenvalue weighted by Gasteiger charge is -2.49. The van der Waals surface area contributed by atoms with Crippen LogP contribution in [0.1, 0.15) is 6.92 Å². The van der Waals surface area contributed by atoms with Crippen molar-refractivity contribution in [1.82, 2.24) is 4.90 Å². The van der Waals surface area contributed by atoms with Crippen molar-refractivity contribution in [2.75, 3.05) is 32.8 Å². The summed E-state index contributed by atoms with van der Waals surface area (Å²) in [6.07, 6.45) is -4.35. The Balaban J connectivity index is 2.46. The van der Waals surface area contributed by atoms with E-state index in [1.807, 2.05) is 0 Å². The van der Waals surface area contributed by atoms with Gasteiger partial charge in [0.2, 0.25) is 0 Å². The smallest absolute Gasteiger partial charge is 0.363 e. The summed E-state index contributed by atoms with van der Waals surface area (Å²) >= 11 is 0. The quantitative estimate of drug-likeness (QED) is 0.417. The highest BCUT2D eigenvalue weighted by Gasteiger charge is 2.62. The summed E-state index contributed by atoms with van der Waals surface area (Å²) in [5.74, 6) is 0. The van der Waals surface area contributed by atoms with Gasteiger partial charge in [0, 0.05) is 37.7 Å². The van der Waals surface area contributed by atoms with E-state index >= 15 is 0 Å². The van der Waals surface area contributed by atoms with E-state index in [-0.39, 0.29) is 26.2 Å². The van der Waals surface area contributed by atoms with Gasteiger partial charge in [0.15, 0.2) is 5.60 Å². The number of azide groups is 1. The molecule has 0 aromatic rings. The second kappa shape index (κ2) is 4.90. The van der Waals surface area contributed by atoms with Crippen molar-refractivity contribution in [3.05, 3.63) is 10.4 Å². The third-order valence-corrected chi connectivity index (χ3v) is 2.47. The molecule has 0 saturated carbocycles. The fourth-order valence-corrected chi connectivity index (χ4v) is 1.69. The molecule has 5 nitrogen and oxygen atoms in total. The van der Waals surface area contributed by atoms with Crippen LogP contribution in [0.25, 0.3) is 10.4 Å². The first-order valence-electron chi connectivity index (χ1n) is 4.89. The van der Waals surface area contributed by atoms with E-state index in [0.717, 1.165) is 0 Å². The predicted molar refractivity (Wildman–Crippen MR) is 50.9 cm³/mol. The number of rotatable bonds is 5. The normalized spacial score (nSPS) is 20.0. The average molecular weight is 238 g/mol. The summed E-state index contributed by atoms with van der Waals surface area (Å²) in [6.45, 7) is 1.70. The third kappa shape index (κ3) is 2.58.